The first-order valence-corrected chi connectivity index (χ1v) is 5.46. The smallest absolute Gasteiger partial charge is 0.294 e. The number of nitrogens with zero attached hydrogens (tertiary/aromatic N) is 2. The van der Waals surface area contributed by atoms with Crippen LogP contribution < -0.4 is 0 Å². The summed E-state index contributed by atoms with van der Waals surface area (Å²) in [6.07, 6.45) is 1.52. The minimum absolute atomic E-state index is 0.177. The van der Waals surface area contributed by atoms with Crippen LogP contribution in [0.5, 0.6) is 0 Å². The maximum atomic E-state index is 12.7. The first-order chi connectivity index (χ1) is 9.31. The van der Waals surface area contributed by atoms with E-state index in [9.17, 15) is 4.39 Å². The molecule has 0 fully saturated rings. The van der Waals surface area contributed by atoms with E-state index in [1.54, 1.807) is 24.3 Å². The summed E-state index contributed by atoms with van der Waals surface area (Å²) in [6.45, 7) is 0. The second-order valence-electron chi connectivity index (χ2n) is 3.65. The van der Waals surface area contributed by atoms with Gasteiger partial charge < -0.3 is 8.83 Å². The van der Waals surface area contributed by atoms with Crippen molar-refractivity contribution in [3.05, 3.63) is 59.9 Å². The van der Waals surface area contributed by atoms with Crippen molar-refractivity contribution in [1.29, 1.82) is 0 Å². The van der Waals surface area contributed by atoms with Crippen molar-refractivity contribution in [3.8, 4) is 23.5 Å². The molecule has 0 radical (unpaired) electrons. The number of benzene rings is 1. The van der Waals surface area contributed by atoms with E-state index in [2.05, 4.69) is 22.0 Å². The summed E-state index contributed by atoms with van der Waals surface area (Å²) in [5.74, 6) is 6.15. The van der Waals surface area contributed by atoms with Crippen LogP contribution in [0, 0.1) is 17.7 Å². The zero-order valence-electron chi connectivity index (χ0n) is 9.63. The van der Waals surface area contributed by atoms with E-state index < -0.39 is 0 Å². The Morgan fingerprint density at radius 2 is 1.84 bits per heavy atom. The monoisotopic (exact) mass is 254 g/mol. The van der Waals surface area contributed by atoms with Crippen molar-refractivity contribution in [2.75, 3.05) is 0 Å². The van der Waals surface area contributed by atoms with E-state index in [1.165, 1.54) is 18.4 Å². The highest BCUT2D eigenvalue weighted by Gasteiger charge is 2.08. The van der Waals surface area contributed by atoms with Crippen LogP contribution in [0.25, 0.3) is 11.7 Å². The zero-order valence-corrected chi connectivity index (χ0v) is 9.63. The molecule has 2 heterocycles. The van der Waals surface area contributed by atoms with E-state index in [0.717, 1.165) is 0 Å². The van der Waals surface area contributed by atoms with Gasteiger partial charge in [0.05, 0.1) is 6.26 Å². The maximum absolute atomic E-state index is 12.7. The van der Waals surface area contributed by atoms with Crippen LogP contribution in [0.4, 0.5) is 4.39 Å². The second-order valence-corrected chi connectivity index (χ2v) is 3.65. The fraction of sp³-hybridized carbons (Fsp3) is 0. The minimum Gasteiger partial charge on any atom is -0.459 e. The normalized spacial score (nSPS) is 9.95. The van der Waals surface area contributed by atoms with Crippen LogP contribution in [-0.2, 0) is 0 Å². The maximum Gasteiger partial charge on any atom is 0.294 e. The highest BCUT2D eigenvalue weighted by Crippen LogP contribution is 2.17. The third-order valence-corrected chi connectivity index (χ3v) is 2.31. The quantitative estimate of drug-likeness (QED) is 0.626. The number of furan rings is 1. The highest BCUT2D eigenvalue weighted by atomic mass is 19.1. The predicted octanol–water partition coefficient (Wildman–Crippen LogP) is 2.87. The first-order valence-electron chi connectivity index (χ1n) is 5.46. The Labute approximate surface area is 107 Å². The van der Waals surface area contributed by atoms with E-state index in [0.29, 0.717) is 11.3 Å². The van der Waals surface area contributed by atoms with Crippen molar-refractivity contribution in [3.63, 3.8) is 0 Å². The van der Waals surface area contributed by atoms with Gasteiger partial charge in [-0.3, -0.25) is 0 Å². The van der Waals surface area contributed by atoms with Crippen molar-refractivity contribution in [2.45, 2.75) is 0 Å². The first kappa shape index (κ1) is 11.2. The molecule has 2 aromatic heterocycles. The number of hydrogen-bond acceptors (Lipinski definition) is 4. The van der Waals surface area contributed by atoms with E-state index >= 15 is 0 Å². The largest absolute Gasteiger partial charge is 0.459 e. The average Bonchev–Trinajstić information content (AvgIpc) is 3.09. The molecule has 4 nitrogen and oxygen atoms in total. The molecule has 0 N–H and O–H groups in total. The van der Waals surface area contributed by atoms with Gasteiger partial charge in [-0.25, -0.2) is 4.39 Å². The second kappa shape index (κ2) is 4.78. The number of aromatic nitrogens is 2. The molecule has 0 aliphatic carbocycles. The molecule has 0 aliphatic rings. The lowest BCUT2D eigenvalue weighted by molar-refractivity contribution is 0.509. The standard InChI is InChI=1S/C14H7FN2O2/c15-11-6-3-10(4-7-11)5-8-13-16-17-14(19-13)12-2-1-9-18-12/h1-4,6-7,9H. The molecule has 0 spiro atoms. The lowest BCUT2D eigenvalue weighted by Gasteiger charge is -1.88. The van der Waals surface area contributed by atoms with Crippen LogP contribution in [0.15, 0.2) is 51.5 Å². The molecule has 92 valence electrons. The van der Waals surface area contributed by atoms with Gasteiger partial charge in [0, 0.05) is 5.56 Å². The van der Waals surface area contributed by atoms with E-state index in [1.807, 2.05) is 0 Å². The predicted molar refractivity (Wildman–Crippen MR) is 64.4 cm³/mol. The Kier molecular flexibility index (Phi) is 2.83. The Bertz CT molecular complexity index is 734. The van der Waals surface area contributed by atoms with Crippen molar-refractivity contribution in [1.82, 2.24) is 10.2 Å². The molecule has 0 saturated carbocycles. The van der Waals surface area contributed by atoms with Gasteiger partial charge in [-0.1, -0.05) is 11.0 Å². The molecular formula is C14H7FN2O2. The van der Waals surface area contributed by atoms with E-state index in [4.69, 9.17) is 8.83 Å². The molecular weight excluding hydrogens is 247 g/mol. The fourth-order valence-electron chi connectivity index (χ4n) is 1.43. The number of hydrogen-bond donors (Lipinski definition) is 0. The van der Waals surface area contributed by atoms with Crippen molar-refractivity contribution < 1.29 is 13.2 Å². The Morgan fingerprint density at radius 1 is 1.00 bits per heavy atom. The van der Waals surface area contributed by atoms with Gasteiger partial charge >= 0.3 is 0 Å². The van der Waals surface area contributed by atoms with Crippen LogP contribution in [0.3, 0.4) is 0 Å². The third-order valence-electron chi connectivity index (χ3n) is 2.31. The van der Waals surface area contributed by atoms with Crippen LogP contribution in [0.2, 0.25) is 0 Å². The highest BCUT2D eigenvalue weighted by molar-refractivity contribution is 5.44. The molecule has 5 heteroatoms. The SMILES string of the molecule is Fc1ccc(C#Cc2nnc(-c3ccco3)o2)cc1. The van der Waals surface area contributed by atoms with Gasteiger partial charge in [0.25, 0.3) is 11.8 Å². The van der Waals surface area contributed by atoms with Crippen LogP contribution in [0.1, 0.15) is 11.5 Å². The van der Waals surface area contributed by atoms with Crippen LogP contribution >= 0.6 is 0 Å². The van der Waals surface area contributed by atoms with Gasteiger partial charge in [0.1, 0.15) is 5.82 Å². The summed E-state index contributed by atoms with van der Waals surface area (Å²) in [7, 11) is 0. The molecule has 3 aromatic rings. The summed E-state index contributed by atoms with van der Waals surface area (Å²) in [6, 6.07) is 9.27. The number of rotatable bonds is 1. The van der Waals surface area contributed by atoms with Gasteiger partial charge in [-0.05, 0) is 42.3 Å². The van der Waals surface area contributed by atoms with Gasteiger partial charge in [-0.15, -0.1) is 5.10 Å². The van der Waals surface area contributed by atoms with Gasteiger partial charge in [-0.2, -0.15) is 0 Å². The molecule has 0 aliphatic heterocycles. The van der Waals surface area contributed by atoms with Crippen LogP contribution in [-0.4, -0.2) is 10.2 Å². The number of halogens is 1. The Balaban J connectivity index is 1.83. The summed E-state index contributed by atoms with van der Waals surface area (Å²) >= 11 is 0. The lowest BCUT2D eigenvalue weighted by atomic mass is 10.2. The molecule has 0 amide bonds. The summed E-state index contributed by atoms with van der Waals surface area (Å²) in [5, 5.41) is 7.59. The zero-order chi connectivity index (χ0) is 13.1. The molecule has 19 heavy (non-hydrogen) atoms. The van der Waals surface area contributed by atoms with Gasteiger partial charge in [0.2, 0.25) is 0 Å². The summed E-state index contributed by atoms with van der Waals surface area (Å²) in [4.78, 5) is 0. The Hall–Kier alpha value is -2.87. The molecule has 0 saturated heterocycles. The fourth-order valence-corrected chi connectivity index (χ4v) is 1.43. The third kappa shape index (κ3) is 2.53. The molecule has 0 atom stereocenters. The van der Waals surface area contributed by atoms with Gasteiger partial charge in [0.15, 0.2) is 5.76 Å². The van der Waals surface area contributed by atoms with E-state index in [-0.39, 0.29) is 17.6 Å². The molecule has 3 rings (SSSR count). The summed E-state index contributed by atoms with van der Waals surface area (Å²) < 4.78 is 23.1. The van der Waals surface area contributed by atoms with Crippen molar-refractivity contribution in [2.24, 2.45) is 0 Å². The molecule has 0 unspecified atom stereocenters. The summed E-state index contributed by atoms with van der Waals surface area (Å²) in [5.41, 5.74) is 0.666. The lowest BCUT2D eigenvalue weighted by Crippen LogP contribution is -1.77. The topological polar surface area (TPSA) is 52.1 Å². The minimum atomic E-state index is -0.302. The Morgan fingerprint density at radius 3 is 2.58 bits per heavy atom. The molecule has 0 bridgehead atoms. The van der Waals surface area contributed by atoms with Crippen molar-refractivity contribution >= 4 is 0 Å². The molecule has 1 aromatic carbocycles. The average molecular weight is 254 g/mol.